The summed E-state index contributed by atoms with van der Waals surface area (Å²) in [6.45, 7) is 0. The van der Waals surface area contributed by atoms with Crippen LogP contribution in [0.15, 0.2) is 23.8 Å². The van der Waals surface area contributed by atoms with Crippen LogP contribution in [0.1, 0.15) is 0 Å². The molecule has 1 saturated heterocycles. The Kier molecular flexibility index (Phi) is 1.21. The maximum absolute atomic E-state index is 11.6. The standard InChI is InChI=1S/C10H8O3/c11-4-5-3-6-7-1-2-8(13-7)9(6)10(5)12/h1-4,6-9H. The molecule has 1 aliphatic carbocycles. The molecule has 3 aliphatic rings. The summed E-state index contributed by atoms with van der Waals surface area (Å²) < 4.78 is 5.51. The summed E-state index contributed by atoms with van der Waals surface area (Å²) in [6, 6.07) is 0. The number of fused-ring (bicyclic) bond motifs is 5. The first kappa shape index (κ1) is 7.21. The topological polar surface area (TPSA) is 43.4 Å². The summed E-state index contributed by atoms with van der Waals surface area (Å²) >= 11 is 0. The highest BCUT2D eigenvalue weighted by atomic mass is 16.5. The van der Waals surface area contributed by atoms with Crippen LogP contribution >= 0.6 is 0 Å². The summed E-state index contributed by atoms with van der Waals surface area (Å²) in [4.78, 5) is 22.1. The van der Waals surface area contributed by atoms with Gasteiger partial charge < -0.3 is 4.74 Å². The highest BCUT2D eigenvalue weighted by Crippen LogP contribution is 2.45. The lowest BCUT2D eigenvalue weighted by molar-refractivity contribution is -0.121. The van der Waals surface area contributed by atoms with Crippen molar-refractivity contribution in [3.63, 3.8) is 0 Å². The van der Waals surface area contributed by atoms with Crippen LogP contribution in [0.3, 0.4) is 0 Å². The Bertz CT molecular complexity index is 353. The van der Waals surface area contributed by atoms with Gasteiger partial charge in [0, 0.05) is 5.92 Å². The molecule has 0 N–H and O–H groups in total. The number of hydrogen-bond acceptors (Lipinski definition) is 3. The molecule has 2 heterocycles. The maximum Gasteiger partial charge on any atom is 0.172 e. The van der Waals surface area contributed by atoms with Gasteiger partial charge in [0.05, 0.1) is 23.7 Å². The Balaban J connectivity index is 2.04. The van der Waals surface area contributed by atoms with Gasteiger partial charge in [0.1, 0.15) is 0 Å². The van der Waals surface area contributed by atoms with Crippen molar-refractivity contribution in [2.45, 2.75) is 12.2 Å². The molecule has 0 aromatic heterocycles. The largest absolute Gasteiger partial charge is 0.365 e. The van der Waals surface area contributed by atoms with Crippen molar-refractivity contribution in [2.24, 2.45) is 11.8 Å². The number of allylic oxidation sites excluding steroid dienone is 1. The number of aldehydes is 1. The van der Waals surface area contributed by atoms with Crippen LogP contribution in [0.5, 0.6) is 0 Å². The fourth-order valence-electron chi connectivity index (χ4n) is 2.44. The molecule has 0 amide bonds. The van der Waals surface area contributed by atoms with Gasteiger partial charge in [0.25, 0.3) is 0 Å². The highest BCUT2D eigenvalue weighted by molar-refractivity contribution is 6.15. The monoisotopic (exact) mass is 176 g/mol. The molecule has 0 spiro atoms. The Labute approximate surface area is 75.1 Å². The van der Waals surface area contributed by atoms with E-state index in [1.165, 1.54) is 0 Å². The second kappa shape index (κ2) is 2.17. The van der Waals surface area contributed by atoms with Crippen molar-refractivity contribution >= 4 is 12.1 Å². The molecule has 0 aromatic rings. The quantitative estimate of drug-likeness (QED) is 0.327. The van der Waals surface area contributed by atoms with Crippen LogP contribution in [0.25, 0.3) is 0 Å². The van der Waals surface area contributed by atoms with Crippen molar-refractivity contribution in [3.8, 4) is 0 Å². The third kappa shape index (κ3) is 0.728. The molecule has 1 fully saturated rings. The third-order valence-electron chi connectivity index (χ3n) is 3.04. The van der Waals surface area contributed by atoms with E-state index in [1.807, 2.05) is 12.2 Å². The number of Topliss-reactive ketones (excluding diaryl/α,β-unsaturated/α-hetero) is 1. The number of hydrogen-bond donors (Lipinski definition) is 0. The predicted molar refractivity (Wildman–Crippen MR) is 43.9 cm³/mol. The van der Waals surface area contributed by atoms with E-state index in [1.54, 1.807) is 6.08 Å². The molecule has 4 atom stereocenters. The molecule has 66 valence electrons. The molecule has 2 aliphatic heterocycles. The molecule has 4 unspecified atom stereocenters. The van der Waals surface area contributed by atoms with Crippen molar-refractivity contribution in [2.75, 3.05) is 0 Å². The molecule has 0 radical (unpaired) electrons. The zero-order valence-electron chi connectivity index (χ0n) is 6.84. The summed E-state index contributed by atoms with van der Waals surface area (Å²) in [5.41, 5.74) is 0.331. The van der Waals surface area contributed by atoms with E-state index >= 15 is 0 Å². The van der Waals surface area contributed by atoms with E-state index in [-0.39, 0.29) is 29.8 Å². The fraction of sp³-hybridized carbons (Fsp3) is 0.400. The van der Waals surface area contributed by atoms with Gasteiger partial charge in [0.2, 0.25) is 0 Å². The van der Waals surface area contributed by atoms with E-state index in [0.29, 0.717) is 11.9 Å². The van der Waals surface area contributed by atoms with Crippen LogP contribution in [0, 0.1) is 11.8 Å². The molecular formula is C10H8O3. The van der Waals surface area contributed by atoms with Gasteiger partial charge in [-0.25, -0.2) is 0 Å². The van der Waals surface area contributed by atoms with Gasteiger partial charge in [-0.05, 0) is 0 Å². The number of ketones is 1. The van der Waals surface area contributed by atoms with Crippen molar-refractivity contribution in [3.05, 3.63) is 23.8 Å². The summed E-state index contributed by atoms with van der Waals surface area (Å²) in [5.74, 6) is -0.0465. The van der Waals surface area contributed by atoms with Crippen molar-refractivity contribution < 1.29 is 14.3 Å². The van der Waals surface area contributed by atoms with Gasteiger partial charge in [-0.3, -0.25) is 9.59 Å². The highest BCUT2D eigenvalue weighted by Gasteiger charge is 2.52. The number of carbonyl (C=O) groups is 2. The molecule has 2 bridgehead atoms. The lowest BCUT2D eigenvalue weighted by Crippen LogP contribution is -2.25. The normalized spacial score (nSPS) is 45.2. The van der Waals surface area contributed by atoms with E-state index in [9.17, 15) is 9.59 Å². The summed E-state index contributed by atoms with van der Waals surface area (Å²) in [5, 5.41) is 0. The summed E-state index contributed by atoms with van der Waals surface area (Å²) in [6.07, 6.45) is 6.25. The molecule has 3 nitrogen and oxygen atoms in total. The van der Waals surface area contributed by atoms with E-state index in [4.69, 9.17) is 4.74 Å². The predicted octanol–water partition coefficient (Wildman–Crippen LogP) is 0.264. The maximum atomic E-state index is 11.6. The number of ether oxygens (including phenoxy) is 1. The van der Waals surface area contributed by atoms with Crippen molar-refractivity contribution in [1.29, 1.82) is 0 Å². The average Bonchev–Trinajstić information content (AvgIpc) is 2.76. The molecular weight excluding hydrogens is 168 g/mol. The molecule has 0 saturated carbocycles. The zero-order valence-corrected chi connectivity index (χ0v) is 6.84. The lowest BCUT2D eigenvalue weighted by Gasteiger charge is -2.13. The minimum absolute atomic E-state index is 0.0244. The van der Waals surface area contributed by atoms with Crippen LogP contribution in [-0.4, -0.2) is 24.3 Å². The first-order chi connectivity index (χ1) is 6.31. The summed E-state index contributed by atoms with van der Waals surface area (Å²) in [7, 11) is 0. The molecule has 3 rings (SSSR count). The van der Waals surface area contributed by atoms with Crippen LogP contribution in [0.4, 0.5) is 0 Å². The van der Waals surface area contributed by atoms with Gasteiger partial charge in [-0.1, -0.05) is 18.2 Å². The second-order valence-electron chi connectivity index (χ2n) is 3.66. The van der Waals surface area contributed by atoms with E-state index in [0.717, 1.165) is 0 Å². The Morgan fingerprint density at radius 2 is 2.08 bits per heavy atom. The van der Waals surface area contributed by atoms with E-state index < -0.39 is 0 Å². The Morgan fingerprint density at radius 1 is 1.31 bits per heavy atom. The molecule has 3 heteroatoms. The lowest BCUT2D eigenvalue weighted by atomic mass is 9.85. The fourth-order valence-corrected chi connectivity index (χ4v) is 2.44. The van der Waals surface area contributed by atoms with Gasteiger partial charge >= 0.3 is 0 Å². The van der Waals surface area contributed by atoms with Gasteiger partial charge in [0.15, 0.2) is 12.1 Å². The number of carbonyl (C=O) groups excluding carboxylic acids is 2. The Hall–Kier alpha value is -1.22. The van der Waals surface area contributed by atoms with Gasteiger partial charge in [-0.15, -0.1) is 0 Å². The van der Waals surface area contributed by atoms with Crippen LogP contribution in [0.2, 0.25) is 0 Å². The zero-order chi connectivity index (χ0) is 9.00. The first-order valence-corrected chi connectivity index (χ1v) is 4.36. The molecule has 0 aromatic carbocycles. The van der Waals surface area contributed by atoms with Gasteiger partial charge in [-0.2, -0.15) is 0 Å². The minimum atomic E-state index is -0.116. The smallest absolute Gasteiger partial charge is 0.172 e. The van der Waals surface area contributed by atoms with E-state index in [2.05, 4.69) is 0 Å². The number of rotatable bonds is 1. The third-order valence-corrected chi connectivity index (χ3v) is 3.04. The average molecular weight is 176 g/mol. The second-order valence-corrected chi connectivity index (χ2v) is 3.66. The molecule has 13 heavy (non-hydrogen) atoms. The van der Waals surface area contributed by atoms with Crippen LogP contribution < -0.4 is 0 Å². The minimum Gasteiger partial charge on any atom is -0.365 e. The van der Waals surface area contributed by atoms with Crippen molar-refractivity contribution in [1.82, 2.24) is 0 Å². The van der Waals surface area contributed by atoms with Crippen LogP contribution in [-0.2, 0) is 14.3 Å². The first-order valence-electron chi connectivity index (χ1n) is 4.36. The Morgan fingerprint density at radius 3 is 2.77 bits per heavy atom. The SMILES string of the molecule is O=CC1=CC2C3C=CC(O3)C2C1=O.